The number of rotatable bonds is 3. The first-order chi connectivity index (χ1) is 9.31. The van der Waals surface area contributed by atoms with E-state index in [-0.39, 0.29) is 11.5 Å². The van der Waals surface area contributed by atoms with Gasteiger partial charge in [-0.2, -0.15) is 0 Å². The molecule has 2 aliphatic rings. The largest absolute Gasteiger partial charge is 0.372 e. The third kappa shape index (κ3) is 2.46. The second-order valence-electron chi connectivity index (χ2n) is 5.98. The first kappa shape index (κ1) is 12.9. The van der Waals surface area contributed by atoms with Gasteiger partial charge in [0.05, 0.1) is 18.1 Å². The summed E-state index contributed by atoms with van der Waals surface area (Å²) in [5.74, 6) is 0.451. The van der Waals surface area contributed by atoms with E-state index in [4.69, 9.17) is 4.74 Å². The number of hydrogen-bond donors (Lipinski definition) is 0. The zero-order chi connectivity index (χ0) is 13.1. The van der Waals surface area contributed by atoms with Crippen LogP contribution in [0.25, 0.3) is 0 Å². The van der Waals surface area contributed by atoms with Crippen molar-refractivity contribution < 1.29 is 9.53 Å². The number of carbonyl (C=O) groups excluding carboxylic acids is 1. The molecule has 0 radical (unpaired) electrons. The molecular weight excluding hydrogens is 236 g/mol. The van der Waals surface area contributed by atoms with Crippen LogP contribution in [0.3, 0.4) is 0 Å². The molecule has 2 heteroatoms. The van der Waals surface area contributed by atoms with Crippen molar-refractivity contribution in [2.45, 2.75) is 57.7 Å². The Kier molecular flexibility index (Phi) is 3.69. The van der Waals surface area contributed by atoms with Crippen LogP contribution in [0.4, 0.5) is 0 Å². The minimum atomic E-state index is -0.120. The molecule has 2 nitrogen and oxygen atoms in total. The van der Waals surface area contributed by atoms with E-state index in [1.807, 2.05) is 18.2 Å². The van der Waals surface area contributed by atoms with Crippen molar-refractivity contribution >= 4 is 5.78 Å². The van der Waals surface area contributed by atoms with Crippen molar-refractivity contribution in [2.24, 2.45) is 5.41 Å². The number of benzene rings is 1. The summed E-state index contributed by atoms with van der Waals surface area (Å²) >= 11 is 0. The highest BCUT2D eigenvalue weighted by molar-refractivity contribution is 5.92. The van der Waals surface area contributed by atoms with Crippen molar-refractivity contribution in [2.75, 3.05) is 0 Å². The third-order valence-electron chi connectivity index (χ3n) is 4.83. The maximum atomic E-state index is 12.1. The van der Waals surface area contributed by atoms with Crippen molar-refractivity contribution in [3.05, 3.63) is 35.9 Å². The van der Waals surface area contributed by atoms with Gasteiger partial charge in [-0.1, -0.05) is 56.0 Å². The fourth-order valence-electron chi connectivity index (χ4n) is 3.57. The first-order valence-electron chi connectivity index (χ1n) is 7.50. The molecule has 19 heavy (non-hydrogen) atoms. The van der Waals surface area contributed by atoms with Crippen molar-refractivity contribution in [3.8, 4) is 0 Å². The number of Topliss-reactive ketones (excluding diaryl/α,β-unsaturated/α-hetero) is 1. The van der Waals surface area contributed by atoms with E-state index < -0.39 is 0 Å². The molecule has 2 aliphatic carbocycles. The summed E-state index contributed by atoms with van der Waals surface area (Å²) in [6.07, 6.45) is 7.83. The molecule has 0 saturated heterocycles. The molecule has 102 valence electrons. The first-order valence-corrected chi connectivity index (χ1v) is 7.50. The molecule has 2 fully saturated rings. The lowest BCUT2D eigenvalue weighted by molar-refractivity contribution is -0.168. The van der Waals surface area contributed by atoms with Crippen molar-refractivity contribution in [1.82, 2.24) is 0 Å². The van der Waals surface area contributed by atoms with E-state index in [1.165, 1.54) is 31.2 Å². The number of ketones is 1. The van der Waals surface area contributed by atoms with Crippen LogP contribution in [0.2, 0.25) is 0 Å². The molecule has 0 aliphatic heterocycles. The third-order valence-corrected chi connectivity index (χ3v) is 4.83. The lowest BCUT2D eigenvalue weighted by atomic mass is 9.60. The van der Waals surface area contributed by atoms with Gasteiger partial charge < -0.3 is 4.74 Å². The van der Waals surface area contributed by atoms with Gasteiger partial charge in [-0.05, 0) is 18.4 Å². The monoisotopic (exact) mass is 258 g/mol. The minimum absolute atomic E-state index is 0.120. The lowest BCUT2D eigenvalue weighted by Crippen LogP contribution is -2.55. The van der Waals surface area contributed by atoms with Crippen LogP contribution in [-0.2, 0) is 16.1 Å². The summed E-state index contributed by atoms with van der Waals surface area (Å²) in [4.78, 5) is 12.1. The van der Waals surface area contributed by atoms with Crippen molar-refractivity contribution in [1.29, 1.82) is 0 Å². The Labute approximate surface area is 115 Å². The Bertz CT molecular complexity index is 430. The van der Waals surface area contributed by atoms with Gasteiger partial charge >= 0.3 is 0 Å². The summed E-state index contributed by atoms with van der Waals surface area (Å²) in [5.41, 5.74) is 1.08. The second-order valence-corrected chi connectivity index (χ2v) is 5.98. The van der Waals surface area contributed by atoms with E-state index in [9.17, 15) is 4.79 Å². The highest BCUT2D eigenvalue weighted by Gasteiger charge is 2.54. The van der Waals surface area contributed by atoms with Gasteiger partial charge in [-0.25, -0.2) is 0 Å². The summed E-state index contributed by atoms with van der Waals surface area (Å²) < 4.78 is 6.06. The van der Waals surface area contributed by atoms with E-state index in [0.29, 0.717) is 18.8 Å². The molecule has 0 amide bonds. The molecule has 0 heterocycles. The van der Waals surface area contributed by atoms with Gasteiger partial charge in [0.1, 0.15) is 5.78 Å². The maximum absolute atomic E-state index is 12.1. The van der Waals surface area contributed by atoms with Gasteiger partial charge in [0.2, 0.25) is 0 Å². The fraction of sp³-hybridized carbons (Fsp3) is 0.588. The maximum Gasteiger partial charge on any atom is 0.144 e. The van der Waals surface area contributed by atoms with Crippen LogP contribution in [0.5, 0.6) is 0 Å². The molecule has 1 atom stereocenters. The van der Waals surface area contributed by atoms with Gasteiger partial charge in [-0.3, -0.25) is 4.79 Å². The van der Waals surface area contributed by atoms with E-state index in [1.54, 1.807) is 0 Å². The van der Waals surface area contributed by atoms with E-state index in [0.717, 1.165) is 12.8 Å². The summed E-state index contributed by atoms with van der Waals surface area (Å²) in [6.45, 7) is 0.639. The molecular formula is C17H22O2. The molecule has 1 aromatic carbocycles. The quantitative estimate of drug-likeness (QED) is 0.822. The van der Waals surface area contributed by atoms with Gasteiger partial charge in [0, 0.05) is 6.42 Å². The Morgan fingerprint density at radius 3 is 2.37 bits per heavy atom. The van der Waals surface area contributed by atoms with Gasteiger partial charge in [0.25, 0.3) is 0 Å². The van der Waals surface area contributed by atoms with Gasteiger partial charge in [-0.15, -0.1) is 0 Å². The standard InChI is InChI=1S/C17H22O2/c18-15-12-16(17(15)10-6-1-2-7-11-17)19-13-14-8-4-3-5-9-14/h3-5,8-9,16H,1-2,6-7,10-13H2. The summed E-state index contributed by atoms with van der Waals surface area (Å²) in [7, 11) is 0. The Morgan fingerprint density at radius 1 is 1.05 bits per heavy atom. The lowest BCUT2D eigenvalue weighted by Gasteiger charge is -2.47. The fourth-order valence-corrected chi connectivity index (χ4v) is 3.57. The van der Waals surface area contributed by atoms with Crippen LogP contribution >= 0.6 is 0 Å². The predicted molar refractivity (Wildman–Crippen MR) is 74.8 cm³/mol. The molecule has 2 saturated carbocycles. The SMILES string of the molecule is O=C1CC(OCc2ccccc2)C12CCCCCC2. The molecule has 0 bridgehead atoms. The number of carbonyl (C=O) groups is 1. The normalized spacial score (nSPS) is 25.9. The molecule has 1 aromatic rings. The van der Waals surface area contributed by atoms with Crippen LogP contribution in [0, 0.1) is 5.41 Å². The van der Waals surface area contributed by atoms with Crippen molar-refractivity contribution in [3.63, 3.8) is 0 Å². The molecule has 0 N–H and O–H groups in total. The highest BCUT2D eigenvalue weighted by atomic mass is 16.5. The average molecular weight is 258 g/mol. The van der Waals surface area contributed by atoms with Gasteiger partial charge in [0.15, 0.2) is 0 Å². The second kappa shape index (κ2) is 5.46. The smallest absolute Gasteiger partial charge is 0.144 e. The zero-order valence-corrected chi connectivity index (χ0v) is 11.4. The van der Waals surface area contributed by atoms with Crippen LogP contribution in [-0.4, -0.2) is 11.9 Å². The van der Waals surface area contributed by atoms with Crippen LogP contribution < -0.4 is 0 Å². The minimum Gasteiger partial charge on any atom is -0.372 e. The number of hydrogen-bond acceptors (Lipinski definition) is 2. The molecule has 0 aromatic heterocycles. The number of ether oxygens (including phenoxy) is 1. The van der Waals surface area contributed by atoms with Crippen LogP contribution in [0.15, 0.2) is 30.3 Å². The Balaban J connectivity index is 1.63. The van der Waals surface area contributed by atoms with E-state index >= 15 is 0 Å². The molecule has 3 rings (SSSR count). The summed E-state index contributed by atoms with van der Waals surface area (Å²) in [5, 5.41) is 0. The molecule has 1 spiro atoms. The highest BCUT2D eigenvalue weighted by Crippen LogP contribution is 2.49. The van der Waals surface area contributed by atoms with E-state index in [2.05, 4.69) is 12.1 Å². The zero-order valence-electron chi connectivity index (χ0n) is 11.4. The average Bonchev–Trinajstić information content (AvgIpc) is 2.72. The molecule has 1 unspecified atom stereocenters. The Hall–Kier alpha value is -1.15. The predicted octanol–water partition coefficient (Wildman–Crippen LogP) is 3.89. The topological polar surface area (TPSA) is 26.3 Å². The van der Waals surface area contributed by atoms with Crippen LogP contribution in [0.1, 0.15) is 50.5 Å². The summed E-state index contributed by atoms with van der Waals surface area (Å²) in [6, 6.07) is 10.3. The Morgan fingerprint density at radius 2 is 1.74 bits per heavy atom.